The summed E-state index contributed by atoms with van der Waals surface area (Å²) in [5.74, 6) is -5.18. The molecule has 136 heavy (non-hydrogen) atoms. The summed E-state index contributed by atoms with van der Waals surface area (Å²) in [6, 6.07) is 57.2. The molecule has 3 N–H and O–H groups in total. The van der Waals surface area contributed by atoms with E-state index in [1.54, 1.807) is 33.9 Å². The predicted octanol–water partition coefficient (Wildman–Crippen LogP) is 27.2. The van der Waals surface area contributed by atoms with E-state index in [1.165, 1.54) is 39.0 Å². The Kier molecular flexibility index (Phi) is 28.3. The van der Waals surface area contributed by atoms with Crippen molar-refractivity contribution in [1.29, 1.82) is 0 Å². The van der Waals surface area contributed by atoms with Crippen LogP contribution in [0.2, 0.25) is 0 Å². The molecule has 28 heteroatoms. The molecule has 0 aliphatic carbocycles. The Labute approximate surface area is 780 Å². The van der Waals surface area contributed by atoms with Gasteiger partial charge in [-0.25, -0.2) is 4.39 Å². The number of aliphatic hydroxyl groups is 3. The topological polar surface area (TPSA) is 238 Å². The third-order valence-corrected chi connectivity index (χ3v) is 24.9. The smallest absolute Gasteiger partial charge is 0.449 e. The first kappa shape index (κ1) is 98.7. The van der Waals surface area contributed by atoms with Crippen molar-refractivity contribution in [2.24, 2.45) is 0 Å². The third kappa shape index (κ3) is 21.8. The molecule has 0 unspecified atom stereocenters. The number of rotatable bonds is 24. The molecule has 0 aliphatic rings. The number of carbonyl (C=O) groups excluding carboxylic acids is 3. The second-order valence-corrected chi connectivity index (χ2v) is 35.6. The van der Waals surface area contributed by atoms with E-state index in [4.69, 9.17) is 18.2 Å². The molecule has 0 atom stereocenters. The first-order valence-electron chi connectivity index (χ1n) is 43.4. The average molecular weight is 1860 g/mol. The highest BCUT2D eigenvalue weighted by atomic mass is 19.4. The molecule has 15 aromatic rings. The van der Waals surface area contributed by atoms with Gasteiger partial charge in [-0.2, -0.15) is 39.5 Å². The molecule has 0 fully saturated rings. The zero-order chi connectivity index (χ0) is 98.9. The third-order valence-electron chi connectivity index (χ3n) is 24.9. The fraction of sp³-hybridized carbons (Fsp3) is 0.250. The second kappa shape index (κ2) is 39.0. The number of aryl methyl sites for hydroxylation is 6. The summed E-state index contributed by atoms with van der Waals surface area (Å²) >= 11 is 0. The zero-order valence-electron chi connectivity index (χ0n) is 77.7. The minimum atomic E-state index is -4.68. The summed E-state index contributed by atoms with van der Waals surface area (Å²) in [5.41, 5.74) is 18.1. The van der Waals surface area contributed by atoms with Gasteiger partial charge in [-0.3, -0.25) is 44.3 Å². The van der Waals surface area contributed by atoms with Crippen molar-refractivity contribution in [3.63, 3.8) is 0 Å². The number of furan rings is 3. The number of benzene rings is 6. The van der Waals surface area contributed by atoms with Gasteiger partial charge < -0.3 is 43.3 Å². The van der Waals surface area contributed by atoms with Gasteiger partial charge in [0.25, 0.3) is 17.7 Å². The Morgan fingerprint density at radius 2 is 0.632 bits per heavy atom. The molecular formula is C108H101F10N9O9. The number of fused-ring (bicyclic) bond motifs is 3. The molecule has 0 saturated carbocycles. The molecule has 9 aromatic heterocycles. The molecule has 6 aromatic carbocycles. The Morgan fingerprint density at radius 1 is 0.338 bits per heavy atom. The van der Waals surface area contributed by atoms with Crippen LogP contribution in [0.4, 0.5) is 43.9 Å². The molecule has 0 bridgehead atoms. The Bertz CT molecular complexity index is 6820. The van der Waals surface area contributed by atoms with Gasteiger partial charge >= 0.3 is 18.5 Å². The standard InChI is InChI=1S/C37H36F3N3O3.C36H34F3N3O3.C35H31F4N3O3/c1-21-17-31-34(42-23(21)3)33(22(2)24(4)41-31)35(45)43(20-30-15-16-32(46-30)37(38,39)40)19-26-11-13-27(14-12-26)28-9-8-10-29(18-28)36(6,7)25(5)44;1-21-16-30-33(40-18-21)32(22(2)23(3)41-30)34(44)42(20-29-14-15-31(45-29)36(37,38)39)19-25-10-12-26(13-11-25)27-8-7-9-28(17-27)35(5,6)24(4)43;1-20-21(2)41-29-16-27(36)17-40-32(29)31(20)33(44)42(19-28-13-14-30(45-28)35(37,38)39)18-23-9-11-24(12-10-23)25-7-6-8-26(15-25)34(4,5)22(3)43/h8-18,44H,5,19-20H2,1-4,6-7H3;7-18,43H,4,19-20H2,1-3,5-6H3;6-17,43H,3,18-19H2,1-2,4-5H3. The summed E-state index contributed by atoms with van der Waals surface area (Å²) in [6.07, 6.45) is -11.3. The highest BCUT2D eigenvalue weighted by Crippen LogP contribution is 2.41. The average Bonchev–Trinajstić information content (AvgIpc) is 0.823. The number of hydrogen-bond donors (Lipinski definition) is 3. The van der Waals surface area contributed by atoms with Crippen LogP contribution in [0.1, 0.15) is 191 Å². The summed E-state index contributed by atoms with van der Waals surface area (Å²) in [4.78, 5) is 74.1. The van der Waals surface area contributed by atoms with Crippen molar-refractivity contribution < 1.29 is 86.9 Å². The van der Waals surface area contributed by atoms with Crippen molar-refractivity contribution in [3.05, 3.63) is 391 Å². The van der Waals surface area contributed by atoms with Gasteiger partial charge in [0.05, 0.1) is 76.3 Å². The molecule has 15 rings (SSSR count). The SMILES string of the molecule is C=C(O)C(C)(C)c1cccc(-c2ccc(CN(Cc3ccc(C(F)(F)F)o3)C(=O)c3c(C)c(C)nc4cc(C)c(C)nc34)cc2)c1.C=C(O)C(C)(C)c1cccc(-c2ccc(CN(Cc3ccc(C(F)(F)F)o3)C(=O)c3c(C)c(C)nc4cc(C)cnc34)cc2)c1.C=C(O)C(C)(C)c1cccc(-c2ccc(CN(Cc3ccc(C(F)(F)F)o3)C(=O)c3c(C)c(C)nc4cc(F)cnc34)cc2)c1. The van der Waals surface area contributed by atoms with Crippen LogP contribution >= 0.6 is 0 Å². The fourth-order valence-corrected chi connectivity index (χ4v) is 15.5. The number of amides is 3. The Balaban J connectivity index is 0.000000173. The molecule has 0 saturated heterocycles. The molecule has 3 amide bonds. The van der Waals surface area contributed by atoms with E-state index in [2.05, 4.69) is 44.7 Å². The number of allylic oxidation sites excluding steroid dienone is 3. The lowest BCUT2D eigenvalue weighted by Gasteiger charge is -2.25. The highest BCUT2D eigenvalue weighted by molar-refractivity contribution is 6.08. The Hall–Kier alpha value is -14.8. The number of hydrogen-bond acceptors (Lipinski definition) is 15. The monoisotopic (exact) mass is 1860 g/mol. The minimum absolute atomic E-state index is 0.00809. The quantitative estimate of drug-likeness (QED) is 0.0377. The van der Waals surface area contributed by atoms with Crippen molar-refractivity contribution in [2.45, 2.75) is 178 Å². The van der Waals surface area contributed by atoms with Crippen LogP contribution in [-0.4, -0.2) is 77.6 Å². The van der Waals surface area contributed by atoms with Gasteiger partial charge in [0, 0.05) is 70.9 Å². The van der Waals surface area contributed by atoms with Gasteiger partial charge in [0.15, 0.2) is 0 Å². The Morgan fingerprint density at radius 3 is 0.934 bits per heavy atom. The van der Waals surface area contributed by atoms with Crippen LogP contribution < -0.4 is 0 Å². The first-order valence-corrected chi connectivity index (χ1v) is 43.4. The maximum Gasteiger partial charge on any atom is 0.449 e. The molecule has 9 heterocycles. The van der Waals surface area contributed by atoms with E-state index in [9.17, 15) is 73.6 Å². The molecule has 702 valence electrons. The van der Waals surface area contributed by atoms with E-state index in [0.717, 1.165) is 102 Å². The maximum atomic E-state index is 14.4. The number of pyridine rings is 6. The van der Waals surface area contributed by atoms with E-state index in [-0.39, 0.29) is 90.4 Å². The van der Waals surface area contributed by atoms with E-state index >= 15 is 0 Å². The van der Waals surface area contributed by atoms with Crippen molar-refractivity contribution >= 4 is 50.8 Å². The van der Waals surface area contributed by atoms with Crippen LogP contribution in [0.5, 0.6) is 0 Å². The molecule has 0 aliphatic heterocycles. The van der Waals surface area contributed by atoms with Crippen LogP contribution in [0.25, 0.3) is 66.5 Å². The predicted molar refractivity (Wildman–Crippen MR) is 503 cm³/mol. The lowest BCUT2D eigenvalue weighted by atomic mass is 9.82. The molecule has 0 radical (unpaired) electrons. The van der Waals surface area contributed by atoms with Crippen LogP contribution in [0, 0.1) is 68.1 Å². The van der Waals surface area contributed by atoms with Gasteiger partial charge in [-0.15, -0.1) is 0 Å². The summed E-state index contributed by atoms with van der Waals surface area (Å²) < 4.78 is 149. The number of nitrogens with zero attached hydrogens (tertiary/aromatic N) is 9. The normalized spacial score (nSPS) is 12.0. The fourth-order valence-electron chi connectivity index (χ4n) is 15.5. The number of carbonyl (C=O) groups is 3. The van der Waals surface area contributed by atoms with Crippen LogP contribution in [-0.2, 0) is 74.0 Å². The van der Waals surface area contributed by atoms with E-state index < -0.39 is 75.6 Å². The maximum absolute atomic E-state index is 14.4. The zero-order valence-corrected chi connectivity index (χ0v) is 77.7. The summed E-state index contributed by atoms with van der Waals surface area (Å²) in [5, 5.41) is 30.3. The van der Waals surface area contributed by atoms with Crippen LogP contribution in [0.3, 0.4) is 0 Å². The first-order chi connectivity index (χ1) is 63.8. The van der Waals surface area contributed by atoms with Gasteiger partial charge in [0.1, 0.15) is 39.6 Å². The number of aromatic nitrogens is 6. The lowest BCUT2D eigenvalue weighted by Crippen LogP contribution is -2.31. The van der Waals surface area contributed by atoms with Crippen LogP contribution in [0.15, 0.2) is 263 Å². The number of halogens is 10. The van der Waals surface area contributed by atoms with Gasteiger partial charge in [-0.1, -0.05) is 165 Å². The summed E-state index contributed by atoms with van der Waals surface area (Å²) in [6.45, 7) is 38.3. The van der Waals surface area contributed by atoms with Crippen molar-refractivity contribution in [1.82, 2.24) is 44.6 Å². The number of aliphatic hydroxyl groups excluding tert-OH is 3. The van der Waals surface area contributed by atoms with Gasteiger partial charge in [-0.05, 0) is 247 Å². The molecular weight excluding hydrogens is 1760 g/mol. The van der Waals surface area contributed by atoms with E-state index in [1.807, 2.05) is 234 Å². The van der Waals surface area contributed by atoms with E-state index in [0.29, 0.717) is 72.5 Å². The highest BCUT2D eigenvalue weighted by Gasteiger charge is 2.39. The molecule has 0 spiro atoms. The number of alkyl halides is 9. The summed E-state index contributed by atoms with van der Waals surface area (Å²) in [7, 11) is 0. The second-order valence-electron chi connectivity index (χ2n) is 35.6. The van der Waals surface area contributed by atoms with Gasteiger partial charge in [0.2, 0.25) is 17.3 Å². The minimum Gasteiger partial charge on any atom is -0.512 e. The van der Waals surface area contributed by atoms with Crippen molar-refractivity contribution in [3.8, 4) is 33.4 Å². The molecule has 18 nitrogen and oxygen atoms in total. The van der Waals surface area contributed by atoms with Crippen molar-refractivity contribution in [2.75, 3.05) is 0 Å². The lowest BCUT2D eigenvalue weighted by molar-refractivity contribution is -0.154. The largest absolute Gasteiger partial charge is 0.512 e.